The first-order chi connectivity index (χ1) is 7.11. The van der Waals surface area contributed by atoms with E-state index in [-0.39, 0.29) is 5.91 Å². The topological polar surface area (TPSA) is 55.6 Å². The van der Waals surface area contributed by atoms with Crippen molar-refractivity contribution in [1.29, 1.82) is 0 Å². The van der Waals surface area contributed by atoms with Crippen LogP contribution in [0.15, 0.2) is 12.1 Å². The van der Waals surface area contributed by atoms with Crippen molar-refractivity contribution in [2.75, 3.05) is 19.9 Å². The van der Waals surface area contributed by atoms with Crippen LogP contribution in [0.2, 0.25) is 0 Å². The number of benzene rings is 1. The average Bonchev–Trinajstić information content (AvgIpc) is 2.20. The smallest absolute Gasteiger partial charge is 0.227 e. The van der Waals surface area contributed by atoms with Crippen molar-refractivity contribution < 1.29 is 9.53 Å². The summed E-state index contributed by atoms with van der Waals surface area (Å²) in [4.78, 5) is 13.2. The highest BCUT2D eigenvalue weighted by atomic mass is 16.5. The van der Waals surface area contributed by atoms with Crippen molar-refractivity contribution in [2.24, 2.45) is 0 Å². The van der Waals surface area contributed by atoms with E-state index in [2.05, 4.69) is 0 Å². The third-order valence-corrected chi connectivity index (χ3v) is 2.73. The third kappa shape index (κ3) is 1.63. The normalized spacial score (nSPS) is 15.1. The van der Waals surface area contributed by atoms with E-state index in [0.29, 0.717) is 24.4 Å². The minimum atomic E-state index is 0.132. The molecule has 0 aliphatic carbocycles. The highest BCUT2D eigenvalue weighted by Gasteiger charge is 2.21. The molecule has 4 nitrogen and oxygen atoms in total. The van der Waals surface area contributed by atoms with Crippen molar-refractivity contribution in [3.05, 3.63) is 23.3 Å². The highest BCUT2D eigenvalue weighted by molar-refractivity contribution is 5.81. The fourth-order valence-electron chi connectivity index (χ4n) is 1.82. The molecule has 0 fully saturated rings. The lowest BCUT2D eigenvalue weighted by Gasteiger charge is -2.25. The third-order valence-electron chi connectivity index (χ3n) is 2.73. The number of anilines is 1. The predicted octanol–water partition coefficient (Wildman–Crippen LogP) is 0.792. The quantitative estimate of drug-likeness (QED) is 0.691. The fourth-order valence-corrected chi connectivity index (χ4v) is 1.82. The van der Waals surface area contributed by atoms with Crippen molar-refractivity contribution >= 4 is 11.6 Å². The summed E-state index contributed by atoms with van der Waals surface area (Å²) in [6, 6.07) is 3.74. The maximum absolute atomic E-state index is 11.5. The molecule has 4 heteroatoms. The van der Waals surface area contributed by atoms with Crippen LogP contribution in [-0.4, -0.2) is 25.0 Å². The van der Waals surface area contributed by atoms with Gasteiger partial charge in [0.15, 0.2) is 0 Å². The van der Waals surface area contributed by atoms with E-state index in [4.69, 9.17) is 10.5 Å². The van der Waals surface area contributed by atoms with Gasteiger partial charge in [-0.3, -0.25) is 4.79 Å². The number of fused-ring (bicyclic) bond motifs is 1. The molecule has 15 heavy (non-hydrogen) atoms. The summed E-state index contributed by atoms with van der Waals surface area (Å²) in [5.41, 5.74) is 8.50. The number of likely N-dealkylation sites (N-methyl/N-ethyl adjacent to an activating group) is 1. The summed E-state index contributed by atoms with van der Waals surface area (Å²) < 4.78 is 5.14. The Kier molecular flexibility index (Phi) is 2.26. The zero-order valence-electron chi connectivity index (χ0n) is 8.91. The molecule has 0 radical (unpaired) electrons. The summed E-state index contributed by atoms with van der Waals surface area (Å²) in [6.45, 7) is 0.630. The number of amides is 1. The lowest BCUT2D eigenvalue weighted by atomic mass is 9.98. The first-order valence-electron chi connectivity index (χ1n) is 4.81. The molecule has 2 N–H and O–H groups in total. The van der Waals surface area contributed by atoms with Crippen molar-refractivity contribution in [1.82, 2.24) is 4.90 Å². The maximum Gasteiger partial charge on any atom is 0.227 e. The van der Waals surface area contributed by atoms with Crippen LogP contribution in [0.4, 0.5) is 5.69 Å². The number of nitrogens with two attached hydrogens (primary N) is 1. The second-order valence-electron chi connectivity index (χ2n) is 3.79. The Balaban J connectivity index is 2.45. The number of methoxy groups -OCH3 is 1. The summed E-state index contributed by atoms with van der Waals surface area (Å²) in [5, 5.41) is 0. The largest absolute Gasteiger partial charge is 0.495 e. The van der Waals surface area contributed by atoms with Gasteiger partial charge in [-0.05, 0) is 23.3 Å². The molecule has 1 heterocycles. The van der Waals surface area contributed by atoms with Crippen LogP contribution in [0.5, 0.6) is 5.75 Å². The average molecular weight is 206 g/mol. The van der Waals surface area contributed by atoms with E-state index in [9.17, 15) is 4.79 Å². The summed E-state index contributed by atoms with van der Waals surface area (Å²) in [5.74, 6) is 0.809. The molecule has 1 aromatic carbocycles. The second-order valence-corrected chi connectivity index (χ2v) is 3.79. The molecule has 2 rings (SSSR count). The molecular formula is C11H14N2O2. The molecule has 1 aromatic rings. The Morgan fingerprint density at radius 1 is 1.40 bits per heavy atom. The van der Waals surface area contributed by atoms with E-state index in [1.54, 1.807) is 19.1 Å². The van der Waals surface area contributed by atoms with Crippen LogP contribution in [0.1, 0.15) is 11.1 Å². The van der Waals surface area contributed by atoms with Crippen LogP contribution in [0.3, 0.4) is 0 Å². The van der Waals surface area contributed by atoms with Gasteiger partial charge in [-0.25, -0.2) is 0 Å². The molecule has 0 saturated heterocycles. The molecule has 0 spiro atoms. The van der Waals surface area contributed by atoms with Crippen LogP contribution in [0, 0.1) is 0 Å². The van der Waals surface area contributed by atoms with Gasteiger partial charge in [0, 0.05) is 13.6 Å². The number of carbonyl (C=O) groups is 1. The molecule has 0 aromatic heterocycles. The lowest BCUT2D eigenvalue weighted by Crippen LogP contribution is -2.32. The minimum Gasteiger partial charge on any atom is -0.495 e. The number of nitrogens with zero attached hydrogens (tertiary/aromatic N) is 1. The number of ether oxygens (including phenoxy) is 1. The number of hydrogen-bond donors (Lipinski definition) is 1. The highest BCUT2D eigenvalue weighted by Crippen LogP contribution is 2.29. The molecule has 0 saturated carbocycles. The second kappa shape index (κ2) is 3.46. The monoisotopic (exact) mass is 206 g/mol. The Morgan fingerprint density at radius 3 is 2.80 bits per heavy atom. The van der Waals surface area contributed by atoms with Crippen molar-refractivity contribution in [3.63, 3.8) is 0 Å². The van der Waals surface area contributed by atoms with E-state index in [1.165, 1.54) is 0 Å². The SMILES string of the molecule is COc1cc2c(cc1N)CC(=O)N(C)C2. The van der Waals surface area contributed by atoms with Gasteiger partial charge in [0.2, 0.25) is 5.91 Å². The van der Waals surface area contributed by atoms with Gasteiger partial charge >= 0.3 is 0 Å². The summed E-state index contributed by atoms with van der Waals surface area (Å²) >= 11 is 0. The molecular weight excluding hydrogens is 192 g/mol. The van der Waals surface area contributed by atoms with E-state index >= 15 is 0 Å². The van der Waals surface area contributed by atoms with Crippen LogP contribution < -0.4 is 10.5 Å². The first-order valence-corrected chi connectivity index (χ1v) is 4.81. The Bertz CT molecular complexity index is 415. The Hall–Kier alpha value is -1.71. The van der Waals surface area contributed by atoms with Crippen LogP contribution in [-0.2, 0) is 17.8 Å². The van der Waals surface area contributed by atoms with Crippen LogP contribution >= 0.6 is 0 Å². The van der Waals surface area contributed by atoms with Crippen molar-refractivity contribution in [2.45, 2.75) is 13.0 Å². The van der Waals surface area contributed by atoms with E-state index < -0.39 is 0 Å². The summed E-state index contributed by atoms with van der Waals surface area (Å²) in [7, 11) is 3.39. The molecule has 1 amide bonds. The number of rotatable bonds is 1. The number of nitrogen functional groups attached to an aromatic ring is 1. The predicted molar refractivity (Wildman–Crippen MR) is 57.6 cm³/mol. The zero-order valence-corrected chi connectivity index (χ0v) is 8.91. The molecule has 0 unspecified atom stereocenters. The summed E-state index contributed by atoms with van der Waals surface area (Å²) in [6.07, 6.45) is 0.431. The number of hydrogen-bond acceptors (Lipinski definition) is 3. The van der Waals surface area contributed by atoms with E-state index in [0.717, 1.165) is 11.1 Å². The Morgan fingerprint density at radius 2 is 2.13 bits per heavy atom. The van der Waals surface area contributed by atoms with Crippen LogP contribution in [0.25, 0.3) is 0 Å². The first kappa shape index (κ1) is 9.83. The molecule has 0 bridgehead atoms. The zero-order chi connectivity index (χ0) is 11.0. The minimum absolute atomic E-state index is 0.132. The lowest BCUT2D eigenvalue weighted by molar-refractivity contribution is -0.130. The molecule has 1 aliphatic heterocycles. The standard InChI is InChI=1S/C11H14N2O2/c1-13-6-8-4-10(15-2)9(12)3-7(8)5-11(13)14/h3-4H,5-6,12H2,1-2H3. The Labute approximate surface area is 88.6 Å². The van der Waals surface area contributed by atoms with Gasteiger partial charge < -0.3 is 15.4 Å². The van der Waals surface area contributed by atoms with Crippen molar-refractivity contribution in [3.8, 4) is 5.75 Å². The van der Waals surface area contributed by atoms with Gasteiger partial charge in [0.1, 0.15) is 5.75 Å². The van der Waals surface area contributed by atoms with Gasteiger partial charge in [-0.2, -0.15) is 0 Å². The molecule has 1 aliphatic rings. The maximum atomic E-state index is 11.5. The van der Waals surface area contributed by atoms with Gasteiger partial charge in [-0.15, -0.1) is 0 Å². The molecule has 0 atom stereocenters. The fraction of sp³-hybridized carbons (Fsp3) is 0.364. The van der Waals surface area contributed by atoms with Gasteiger partial charge in [-0.1, -0.05) is 0 Å². The number of carbonyl (C=O) groups excluding carboxylic acids is 1. The molecule has 80 valence electrons. The van der Waals surface area contributed by atoms with E-state index in [1.807, 2.05) is 12.1 Å². The van der Waals surface area contributed by atoms with Gasteiger partial charge in [0.05, 0.1) is 19.2 Å². The van der Waals surface area contributed by atoms with Gasteiger partial charge in [0.25, 0.3) is 0 Å².